The van der Waals surface area contributed by atoms with E-state index < -0.39 is 0 Å². The van der Waals surface area contributed by atoms with Crippen molar-refractivity contribution in [2.75, 3.05) is 6.54 Å². The maximum atomic E-state index is 5.80. The van der Waals surface area contributed by atoms with Crippen LogP contribution in [0.4, 0.5) is 0 Å². The highest BCUT2D eigenvalue weighted by molar-refractivity contribution is 5.72. The van der Waals surface area contributed by atoms with E-state index in [2.05, 4.69) is 17.2 Å². The standard InChI is InChI=1S/C16H18N2O2/c1-3-17-14(12-8-9-19-11(12)2)10-16-18-13-6-4-5-7-15(13)20-16/h4-9,14,17H,3,10H2,1-2H3. The zero-order valence-corrected chi connectivity index (χ0v) is 11.7. The van der Waals surface area contributed by atoms with Gasteiger partial charge in [0.2, 0.25) is 0 Å². The molecule has 0 saturated heterocycles. The van der Waals surface area contributed by atoms with Gasteiger partial charge in [-0.2, -0.15) is 0 Å². The molecule has 0 aliphatic carbocycles. The Hall–Kier alpha value is -2.07. The Bertz CT molecular complexity index is 666. The van der Waals surface area contributed by atoms with E-state index in [1.54, 1.807) is 6.26 Å². The molecular weight excluding hydrogens is 252 g/mol. The normalized spacial score (nSPS) is 12.9. The third-order valence-corrected chi connectivity index (χ3v) is 3.44. The van der Waals surface area contributed by atoms with Crippen molar-refractivity contribution >= 4 is 11.1 Å². The Morgan fingerprint density at radius 1 is 1.25 bits per heavy atom. The van der Waals surface area contributed by atoms with Crippen LogP contribution in [-0.2, 0) is 6.42 Å². The topological polar surface area (TPSA) is 51.2 Å². The quantitative estimate of drug-likeness (QED) is 0.769. The minimum atomic E-state index is 0.159. The maximum Gasteiger partial charge on any atom is 0.197 e. The molecule has 1 unspecified atom stereocenters. The van der Waals surface area contributed by atoms with Crippen molar-refractivity contribution in [1.29, 1.82) is 0 Å². The number of likely N-dealkylation sites (N-methyl/N-ethyl adjacent to an activating group) is 1. The molecule has 104 valence electrons. The lowest BCUT2D eigenvalue weighted by Gasteiger charge is -2.15. The Morgan fingerprint density at radius 2 is 2.10 bits per heavy atom. The minimum absolute atomic E-state index is 0.159. The number of nitrogens with one attached hydrogen (secondary N) is 1. The summed E-state index contributed by atoms with van der Waals surface area (Å²) >= 11 is 0. The van der Waals surface area contributed by atoms with E-state index in [1.165, 1.54) is 0 Å². The highest BCUT2D eigenvalue weighted by Crippen LogP contribution is 2.24. The summed E-state index contributed by atoms with van der Waals surface area (Å²) in [4.78, 5) is 4.54. The van der Waals surface area contributed by atoms with E-state index in [-0.39, 0.29) is 6.04 Å². The van der Waals surface area contributed by atoms with Crippen molar-refractivity contribution in [2.24, 2.45) is 0 Å². The molecule has 0 aliphatic rings. The molecule has 4 nitrogen and oxygen atoms in total. The number of benzene rings is 1. The summed E-state index contributed by atoms with van der Waals surface area (Å²) in [5.41, 5.74) is 2.90. The smallest absolute Gasteiger partial charge is 0.197 e. The molecule has 0 aliphatic heterocycles. The fraction of sp³-hybridized carbons (Fsp3) is 0.312. The molecule has 0 saturated carbocycles. The van der Waals surface area contributed by atoms with Crippen LogP contribution < -0.4 is 5.32 Å². The summed E-state index contributed by atoms with van der Waals surface area (Å²) in [7, 11) is 0. The van der Waals surface area contributed by atoms with Crippen LogP contribution >= 0.6 is 0 Å². The van der Waals surface area contributed by atoms with Crippen molar-refractivity contribution in [1.82, 2.24) is 10.3 Å². The molecule has 0 radical (unpaired) electrons. The van der Waals surface area contributed by atoms with Crippen LogP contribution in [0.1, 0.15) is 30.2 Å². The third kappa shape index (κ3) is 2.47. The average Bonchev–Trinajstić information content (AvgIpc) is 3.03. The predicted octanol–water partition coefficient (Wildman–Crippen LogP) is 3.62. The number of rotatable bonds is 5. The van der Waals surface area contributed by atoms with Crippen LogP contribution in [0.3, 0.4) is 0 Å². The van der Waals surface area contributed by atoms with E-state index in [0.717, 1.165) is 34.9 Å². The van der Waals surface area contributed by atoms with Crippen molar-refractivity contribution in [3.63, 3.8) is 0 Å². The van der Waals surface area contributed by atoms with Gasteiger partial charge in [0.05, 0.1) is 6.26 Å². The zero-order chi connectivity index (χ0) is 13.9. The van der Waals surface area contributed by atoms with E-state index in [0.29, 0.717) is 6.42 Å². The van der Waals surface area contributed by atoms with Gasteiger partial charge in [0.25, 0.3) is 0 Å². The monoisotopic (exact) mass is 270 g/mol. The SMILES string of the molecule is CCNC(Cc1nc2ccccc2o1)c1ccoc1C. The summed E-state index contributed by atoms with van der Waals surface area (Å²) in [6, 6.07) is 10.00. The minimum Gasteiger partial charge on any atom is -0.469 e. The Balaban J connectivity index is 1.88. The van der Waals surface area contributed by atoms with Crippen LogP contribution in [0.5, 0.6) is 0 Å². The molecule has 3 aromatic rings. The van der Waals surface area contributed by atoms with Crippen molar-refractivity contribution in [3.05, 3.63) is 53.8 Å². The molecule has 0 bridgehead atoms. The van der Waals surface area contributed by atoms with Gasteiger partial charge in [-0.05, 0) is 31.7 Å². The molecule has 20 heavy (non-hydrogen) atoms. The van der Waals surface area contributed by atoms with Crippen LogP contribution in [-0.4, -0.2) is 11.5 Å². The van der Waals surface area contributed by atoms with Crippen LogP contribution in [0.15, 0.2) is 45.4 Å². The van der Waals surface area contributed by atoms with Gasteiger partial charge < -0.3 is 14.2 Å². The van der Waals surface area contributed by atoms with Crippen LogP contribution in [0.25, 0.3) is 11.1 Å². The largest absolute Gasteiger partial charge is 0.469 e. The number of fused-ring (bicyclic) bond motifs is 1. The zero-order valence-electron chi connectivity index (χ0n) is 11.7. The predicted molar refractivity (Wildman–Crippen MR) is 77.6 cm³/mol. The number of oxazole rings is 1. The number of aromatic nitrogens is 1. The van der Waals surface area contributed by atoms with Crippen molar-refractivity contribution < 1.29 is 8.83 Å². The average molecular weight is 270 g/mol. The first-order valence-corrected chi connectivity index (χ1v) is 6.89. The number of furan rings is 1. The van der Waals surface area contributed by atoms with Crippen molar-refractivity contribution in [3.8, 4) is 0 Å². The number of aryl methyl sites for hydroxylation is 1. The van der Waals surface area contributed by atoms with Gasteiger partial charge in [0.15, 0.2) is 11.5 Å². The van der Waals surface area contributed by atoms with E-state index in [1.807, 2.05) is 37.3 Å². The highest BCUT2D eigenvalue weighted by atomic mass is 16.3. The molecular formula is C16H18N2O2. The fourth-order valence-electron chi connectivity index (χ4n) is 2.48. The Morgan fingerprint density at radius 3 is 2.80 bits per heavy atom. The molecule has 0 amide bonds. The van der Waals surface area contributed by atoms with Gasteiger partial charge >= 0.3 is 0 Å². The molecule has 2 heterocycles. The molecule has 2 aromatic heterocycles. The lowest BCUT2D eigenvalue weighted by molar-refractivity contribution is 0.451. The summed E-state index contributed by atoms with van der Waals surface area (Å²) in [6.07, 6.45) is 2.43. The van der Waals surface area contributed by atoms with Gasteiger partial charge in [-0.15, -0.1) is 0 Å². The lowest BCUT2D eigenvalue weighted by atomic mass is 10.0. The van der Waals surface area contributed by atoms with Gasteiger partial charge in [0, 0.05) is 18.0 Å². The van der Waals surface area contributed by atoms with Crippen LogP contribution in [0, 0.1) is 6.92 Å². The number of nitrogens with zero attached hydrogens (tertiary/aromatic N) is 1. The van der Waals surface area contributed by atoms with Gasteiger partial charge in [0.1, 0.15) is 11.3 Å². The molecule has 3 rings (SSSR count). The molecule has 1 N–H and O–H groups in total. The first-order chi connectivity index (χ1) is 9.78. The summed E-state index contributed by atoms with van der Waals surface area (Å²) < 4.78 is 11.2. The van der Waals surface area contributed by atoms with Crippen molar-refractivity contribution in [2.45, 2.75) is 26.3 Å². The Labute approximate surface area is 117 Å². The molecule has 4 heteroatoms. The molecule has 1 atom stereocenters. The third-order valence-electron chi connectivity index (χ3n) is 3.44. The summed E-state index contributed by atoms with van der Waals surface area (Å²) in [5, 5.41) is 3.46. The second-order valence-electron chi connectivity index (χ2n) is 4.82. The van der Waals surface area contributed by atoms with E-state index in [9.17, 15) is 0 Å². The fourth-order valence-corrected chi connectivity index (χ4v) is 2.48. The second kappa shape index (κ2) is 5.51. The first-order valence-electron chi connectivity index (χ1n) is 6.89. The molecule has 0 fully saturated rings. The summed E-state index contributed by atoms with van der Waals surface area (Å²) in [5.74, 6) is 1.69. The second-order valence-corrected chi connectivity index (χ2v) is 4.82. The van der Waals surface area contributed by atoms with Gasteiger partial charge in [-0.25, -0.2) is 4.98 Å². The lowest BCUT2D eigenvalue weighted by Crippen LogP contribution is -2.23. The van der Waals surface area contributed by atoms with E-state index >= 15 is 0 Å². The highest BCUT2D eigenvalue weighted by Gasteiger charge is 2.18. The number of para-hydroxylation sites is 2. The number of hydrogen-bond acceptors (Lipinski definition) is 4. The molecule has 0 spiro atoms. The maximum absolute atomic E-state index is 5.80. The van der Waals surface area contributed by atoms with Gasteiger partial charge in [-0.1, -0.05) is 19.1 Å². The summed E-state index contributed by atoms with van der Waals surface area (Å²) in [6.45, 7) is 4.95. The number of hydrogen-bond donors (Lipinski definition) is 1. The van der Waals surface area contributed by atoms with Crippen LogP contribution in [0.2, 0.25) is 0 Å². The first kappa shape index (κ1) is 12.9. The van der Waals surface area contributed by atoms with E-state index in [4.69, 9.17) is 8.83 Å². The molecule has 1 aromatic carbocycles. The Kier molecular flexibility index (Phi) is 3.56. The van der Waals surface area contributed by atoms with Gasteiger partial charge in [-0.3, -0.25) is 0 Å².